The maximum atomic E-state index is 10.4. The zero-order valence-electron chi connectivity index (χ0n) is 9.98. The SMILES string of the molecule is C=CC(=O)NCC(C)O.C=CC(=O)NCCO. The van der Waals surface area contributed by atoms with E-state index in [0.29, 0.717) is 6.54 Å². The van der Waals surface area contributed by atoms with E-state index in [1.807, 2.05) is 0 Å². The normalized spacial score (nSPS) is 10.3. The smallest absolute Gasteiger partial charge is 0.243 e. The van der Waals surface area contributed by atoms with Crippen LogP contribution in [-0.4, -0.2) is 47.8 Å². The number of rotatable bonds is 6. The third kappa shape index (κ3) is 17.0. The minimum Gasteiger partial charge on any atom is -0.395 e. The van der Waals surface area contributed by atoms with Crippen LogP contribution in [-0.2, 0) is 9.59 Å². The van der Waals surface area contributed by atoms with Crippen molar-refractivity contribution >= 4 is 11.8 Å². The number of hydrogen-bond donors (Lipinski definition) is 4. The van der Waals surface area contributed by atoms with Crippen LogP contribution < -0.4 is 10.6 Å². The standard InChI is InChI=1S/C6H11NO2.C5H9NO2/c1-3-6(9)7-4-5(2)8;1-2-5(8)6-3-4-7/h3,5,8H,1,4H2,2H3,(H,7,9);2,7H,1,3-4H2,(H,6,8). The molecule has 0 rings (SSSR count). The summed E-state index contributed by atoms with van der Waals surface area (Å²) in [4.78, 5) is 20.6. The first-order chi connectivity index (χ1) is 7.97. The van der Waals surface area contributed by atoms with E-state index in [4.69, 9.17) is 10.2 Å². The molecule has 0 radical (unpaired) electrons. The van der Waals surface area contributed by atoms with Crippen molar-refractivity contribution in [3.8, 4) is 0 Å². The van der Waals surface area contributed by atoms with Crippen molar-refractivity contribution < 1.29 is 19.8 Å². The van der Waals surface area contributed by atoms with Gasteiger partial charge in [0.15, 0.2) is 0 Å². The third-order valence-corrected chi connectivity index (χ3v) is 1.35. The van der Waals surface area contributed by atoms with Gasteiger partial charge >= 0.3 is 0 Å². The highest BCUT2D eigenvalue weighted by Crippen LogP contribution is 1.74. The fraction of sp³-hybridized carbons (Fsp3) is 0.455. The van der Waals surface area contributed by atoms with Crippen molar-refractivity contribution in [1.29, 1.82) is 0 Å². The molecule has 1 atom stereocenters. The van der Waals surface area contributed by atoms with Gasteiger partial charge in [0, 0.05) is 13.1 Å². The number of nitrogens with one attached hydrogen (secondary N) is 2. The molecule has 4 N–H and O–H groups in total. The molecule has 0 spiro atoms. The lowest BCUT2D eigenvalue weighted by atomic mass is 10.4. The second-order valence-corrected chi connectivity index (χ2v) is 3.02. The van der Waals surface area contributed by atoms with Crippen LogP contribution in [0.1, 0.15) is 6.92 Å². The van der Waals surface area contributed by atoms with Crippen molar-refractivity contribution in [2.75, 3.05) is 19.7 Å². The monoisotopic (exact) mass is 244 g/mol. The van der Waals surface area contributed by atoms with Gasteiger partial charge in [0.05, 0.1) is 12.7 Å². The van der Waals surface area contributed by atoms with Crippen LogP contribution in [0, 0.1) is 0 Å². The van der Waals surface area contributed by atoms with Gasteiger partial charge in [0.25, 0.3) is 0 Å². The fourth-order valence-corrected chi connectivity index (χ4v) is 0.572. The molecule has 0 aliphatic carbocycles. The van der Waals surface area contributed by atoms with Gasteiger partial charge in [-0.25, -0.2) is 0 Å². The van der Waals surface area contributed by atoms with E-state index in [0.717, 1.165) is 6.08 Å². The summed E-state index contributed by atoms with van der Waals surface area (Å²) in [5.41, 5.74) is 0. The molecule has 0 fully saturated rings. The number of amides is 2. The first-order valence-corrected chi connectivity index (χ1v) is 5.07. The molecule has 6 heteroatoms. The topological polar surface area (TPSA) is 98.7 Å². The number of hydrogen-bond acceptors (Lipinski definition) is 4. The van der Waals surface area contributed by atoms with Gasteiger partial charge in [0.2, 0.25) is 11.8 Å². The van der Waals surface area contributed by atoms with Gasteiger partial charge in [-0.3, -0.25) is 9.59 Å². The van der Waals surface area contributed by atoms with Gasteiger partial charge < -0.3 is 20.8 Å². The van der Waals surface area contributed by atoms with Crippen molar-refractivity contribution in [3.05, 3.63) is 25.3 Å². The number of aliphatic hydroxyl groups excluding tert-OH is 2. The molecule has 17 heavy (non-hydrogen) atoms. The number of carbonyl (C=O) groups excluding carboxylic acids is 2. The lowest BCUT2D eigenvalue weighted by Gasteiger charge is -2.02. The Kier molecular flexibility index (Phi) is 12.9. The van der Waals surface area contributed by atoms with E-state index >= 15 is 0 Å². The molecule has 98 valence electrons. The van der Waals surface area contributed by atoms with E-state index in [-0.39, 0.29) is 25.0 Å². The van der Waals surface area contributed by atoms with E-state index in [9.17, 15) is 9.59 Å². The fourth-order valence-electron chi connectivity index (χ4n) is 0.572. The summed E-state index contributed by atoms with van der Waals surface area (Å²) in [6, 6.07) is 0. The summed E-state index contributed by atoms with van der Waals surface area (Å²) in [6.07, 6.45) is 1.84. The van der Waals surface area contributed by atoms with E-state index < -0.39 is 6.10 Å². The van der Waals surface area contributed by atoms with Gasteiger partial charge in [-0.2, -0.15) is 0 Å². The van der Waals surface area contributed by atoms with Crippen LogP contribution >= 0.6 is 0 Å². The number of aliphatic hydroxyl groups is 2. The minimum atomic E-state index is -0.492. The van der Waals surface area contributed by atoms with Crippen molar-refractivity contribution in [1.82, 2.24) is 10.6 Å². The molecule has 6 nitrogen and oxygen atoms in total. The quantitative estimate of drug-likeness (QED) is 0.448. The minimum absolute atomic E-state index is 0.0282. The highest BCUT2D eigenvalue weighted by Gasteiger charge is 1.95. The lowest BCUT2D eigenvalue weighted by Crippen LogP contribution is -2.28. The molecule has 2 amide bonds. The van der Waals surface area contributed by atoms with Crippen molar-refractivity contribution in [2.45, 2.75) is 13.0 Å². The second kappa shape index (κ2) is 12.4. The Hall–Kier alpha value is -1.66. The van der Waals surface area contributed by atoms with Gasteiger partial charge in [-0.05, 0) is 19.1 Å². The molecular formula is C11H20N2O4. The Morgan fingerprint density at radius 3 is 2.06 bits per heavy atom. The molecule has 0 aromatic heterocycles. The first kappa shape index (κ1) is 17.7. The summed E-state index contributed by atoms with van der Waals surface area (Å²) in [7, 11) is 0. The summed E-state index contributed by atoms with van der Waals surface area (Å²) in [5.74, 6) is -0.505. The predicted molar refractivity (Wildman–Crippen MR) is 65.2 cm³/mol. The molecular weight excluding hydrogens is 224 g/mol. The Balaban J connectivity index is 0. The molecule has 0 bridgehead atoms. The highest BCUT2D eigenvalue weighted by molar-refractivity contribution is 5.87. The largest absolute Gasteiger partial charge is 0.395 e. The van der Waals surface area contributed by atoms with Crippen LogP contribution in [0.4, 0.5) is 0 Å². The van der Waals surface area contributed by atoms with Crippen LogP contribution in [0.5, 0.6) is 0 Å². The highest BCUT2D eigenvalue weighted by atomic mass is 16.3. The Morgan fingerprint density at radius 2 is 1.71 bits per heavy atom. The van der Waals surface area contributed by atoms with E-state index in [1.54, 1.807) is 6.92 Å². The zero-order valence-corrected chi connectivity index (χ0v) is 9.98. The number of carbonyl (C=O) groups is 2. The summed E-state index contributed by atoms with van der Waals surface area (Å²) in [5, 5.41) is 21.6. The van der Waals surface area contributed by atoms with E-state index in [2.05, 4.69) is 23.8 Å². The Labute approximate surface area is 101 Å². The van der Waals surface area contributed by atoms with Crippen LogP contribution in [0.2, 0.25) is 0 Å². The molecule has 1 unspecified atom stereocenters. The average Bonchev–Trinajstić information content (AvgIpc) is 2.33. The summed E-state index contributed by atoms with van der Waals surface area (Å²) < 4.78 is 0. The van der Waals surface area contributed by atoms with Gasteiger partial charge in [0.1, 0.15) is 0 Å². The maximum absolute atomic E-state index is 10.4. The van der Waals surface area contributed by atoms with Gasteiger partial charge in [-0.1, -0.05) is 13.2 Å². The van der Waals surface area contributed by atoms with E-state index in [1.165, 1.54) is 6.08 Å². The lowest BCUT2D eigenvalue weighted by molar-refractivity contribution is -0.117. The maximum Gasteiger partial charge on any atom is 0.243 e. The molecule has 0 aliphatic rings. The predicted octanol–water partition coefficient (Wildman–Crippen LogP) is -1.05. The van der Waals surface area contributed by atoms with Crippen molar-refractivity contribution in [3.63, 3.8) is 0 Å². The zero-order chi connectivity index (χ0) is 13.7. The molecule has 0 saturated carbocycles. The first-order valence-electron chi connectivity index (χ1n) is 5.07. The molecule has 0 saturated heterocycles. The van der Waals surface area contributed by atoms with Crippen LogP contribution in [0.3, 0.4) is 0 Å². The Morgan fingerprint density at radius 1 is 1.24 bits per heavy atom. The summed E-state index contributed by atoms with van der Waals surface area (Å²) in [6.45, 7) is 8.62. The average molecular weight is 244 g/mol. The summed E-state index contributed by atoms with van der Waals surface area (Å²) >= 11 is 0. The van der Waals surface area contributed by atoms with Crippen LogP contribution in [0.25, 0.3) is 0 Å². The van der Waals surface area contributed by atoms with Crippen LogP contribution in [0.15, 0.2) is 25.3 Å². The second-order valence-electron chi connectivity index (χ2n) is 3.02. The van der Waals surface area contributed by atoms with Crippen molar-refractivity contribution in [2.24, 2.45) is 0 Å². The Bertz CT molecular complexity index is 252. The molecule has 0 aliphatic heterocycles. The molecule has 0 aromatic carbocycles. The molecule has 0 heterocycles. The van der Waals surface area contributed by atoms with Gasteiger partial charge in [-0.15, -0.1) is 0 Å². The third-order valence-electron chi connectivity index (χ3n) is 1.35. The molecule has 0 aromatic rings.